The van der Waals surface area contributed by atoms with Crippen molar-refractivity contribution in [2.24, 2.45) is 0 Å². The highest BCUT2D eigenvalue weighted by atomic mass is 32.1. The minimum atomic E-state index is 0.465. The van der Waals surface area contributed by atoms with Gasteiger partial charge in [-0.25, -0.2) is 0 Å². The summed E-state index contributed by atoms with van der Waals surface area (Å²) < 4.78 is 5.06. The van der Waals surface area contributed by atoms with Crippen LogP contribution in [0.15, 0.2) is 176 Å². The number of thiophene rings is 1. The third-order valence-electron chi connectivity index (χ3n) is 10.5. The van der Waals surface area contributed by atoms with Crippen molar-refractivity contribution in [2.75, 3.05) is 4.90 Å². The van der Waals surface area contributed by atoms with Crippen LogP contribution in [0, 0.1) is 0 Å². The molecule has 0 amide bonds. The van der Waals surface area contributed by atoms with Crippen LogP contribution >= 0.6 is 11.3 Å². The van der Waals surface area contributed by atoms with Gasteiger partial charge in [-0.1, -0.05) is 123 Å². The first-order valence-corrected chi connectivity index (χ1v) is 18.9. The average molecular weight is 685 g/mol. The lowest BCUT2D eigenvalue weighted by molar-refractivity contribution is 0.869. The number of nitrogens with zero attached hydrogens (tertiary/aromatic N) is 2. The van der Waals surface area contributed by atoms with E-state index in [-0.39, 0.29) is 0 Å². The molecule has 0 N–H and O–H groups in total. The summed E-state index contributed by atoms with van der Waals surface area (Å²) in [6.07, 6.45) is 0. The summed E-state index contributed by atoms with van der Waals surface area (Å²) in [6, 6.07) is 64.6. The summed E-state index contributed by atoms with van der Waals surface area (Å²) in [7, 11) is 0. The first-order valence-electron chi connectivity index (χ1n) is 18.1. The quantitative estimate of drug-likeness (QED) is 0.169. The van der Waals surface area contributed by atoms with Crippen molar-refractivity contribution in [3.63, 3.8) is 0 Å². The molecule has 10 rings (SSSR count). The molecule has 0 unspecified atom stereocenters. The monoisotopic (exact) mass is 684 g/mol. The fraction of sp³-hybridized carbons (Fsp3) is 0.0612. The number of aromatic nitrogens is 1. The van der Waals surface area contributed by atoms with Crippen molar-refractivity contribution in [3.05, 3.63) is 181 Å². The van der Waals surface area contributed by atoms with Gasteiger partial charge < -0.3 is 9.47 Å². The Morgan fingerprint density at radius 2 is 1.19 bits per heavy atom. The molecule has 10 aromatic rings. The molecule has 0 spiro atoms. The van der Waals surface area contributed by atoms with Gasteiger partial charge in [-0.05, 0) is 94.5 Å². The largest absolute Gasteiger partial charge is 0.310 e. The topological polar surface area (TPSA) is 8.17 Å². The molecule has 0 saturated heterocycles. The Morgan fingerprint density at radius 1 is 0.481 bits per heavy atom. The van der Waals surface area contributed by atoms with Gasteiger partial charge in [0.15, 0.2) is 0 Å². The summed E-state index contributed by atoms with van der Waals surface area (Å²) >= 11 is 1.89. The summed E-state index contributed by atoms with van der Waals surface area (Å²) in [4.78, 5) is 2.43. The zero-order valence-corrected chi connectivity index (χ0v) is 29.9. The number of fused-ring (bicyclic) bond motifs is 8. The fourth-order valence-electron chi connectivity index (χ4n) is 8.10. The summed E-state index contributed by atoms with van der Waals surface area (Å²) in [5.74, 6) is 0.465. The van der Waals surface area contributed by atoms with E-state index in [1.165, 1.54) is 69.4 Å². The second-order valence-electron chi connectivity index (χ2n) is 13.9. The van der Waals surface area contributed by atoms with Gasteiger partial charge in [0.25, 0.3) is 0 Å². The minimum Gasteiger partial charge on any atom is -0.310 e. The Morgan fingerprint density at radius 3 is 2.04 bits per heavy atom. The van der Waals surface area contributed by atoms with E-state index >= 15 is 0 Å². The zero-order valence-electron chi connectivity index (χ0n) is 29.1. The molecule has 0 saturated carbocycles. The summed E-state index contributed by atoms with van der Waals surface area (Å²) in [5.41, 5.74) is 10.7. The van der Waals surface area contributed by atoms with Crippen LogP contribution < -0.4 is 4.90 Å². The fourth-order valence-corrected chi connectivity index (χ4v) is 9.19. The molecular weight excluding hydrogens is 649 g/mol. The normalized spacial score (nSPS) is 11.8. The van der Waals surface area contributed by atoms with Crippen molar-refractivity contribution in [1.82, 2.24) is 4.57 Å². The van der Waals surface area contributed by atoms with Gasteiger partial charge in [0, 0.05) is 53.6 Å². The van der Waals surface area contributed by atoms with Crippen LogP contribution in [0.4, 0.5) is 17.1 Å². The maximum atomic E-state index is 2.43. The van der Waals surface area contributed by atoms with Crippen LogP contribution in [0.5, 0.6) is 0 Å². The van der Waals surface area contributed by atoms with Crippen LogP contribution in [-0.2, 0) is 0 Å². The maximum Gasteiger partial charge on any atom is 0.0561 e. The average Bonchev–Trinajstić information content (AvgIpc) is 3.74. The molecule has 52 heavy (non-hydrogen) atoms. The second kappa shape index (κ2) is 12.3. The predicted molar refractivity (Wildman–Crippen MR) is 225 cm³/mol. The van der Waals surface area contributed by atoms with Gasteiger partial charge in [0.2, 0.25) is 0 Å². The van der Waals surface area contributed by atoms with Crippen LogP contribution in [0.3, 0.4) is 0 Å². The van der Waals surface area contributed by atoms with Gasteiger partial charge in [0.1, 0.15) is 0 Å². The smallest absolute Gasteiger partial charge is 0.0561 e. The van der Waals surface area contributed by atoms with Crippen LogP contribution in [0.25, 0.3) is 69.6 Å². The molecule has 2 nitrogen and oxygen atoms in total. The van der Waals surface area contributed by atoms with Gasteiger partial charge in [-0.15, -0.1) is 11.3 Å². The van der Waals surface area contributed by atoms with E-state index in [2.05, 4.69) is 199 Å². The van der Waals surface area contributed by atoms with E-state index in [0.29, 0.717) is 5.92 Å². The third kappa shape index (κ3) is 4.85. The number of anilines is 3. The molecule has 0 fully saturated rings. The van der Waals surface area contributed by atoms with Gasteiger partial charge in [-0.2, -0.15) is 0 Å². The lowest BCUT2D eigenvalue weighted by atomic mass is 9.92. The highest BCUT2D eigenvalue weighted by Gasteiger charge is 2.22. The standard InChI is InChI=1S/C49H36N2S/c1-32(2)34-25-28-46-42(30-34)49-47(52-46)29-24-33-14-13-21-41(48(33)49)39-20-10-11-22-43(39)50(35-15-5-3-6-16-35)37-26-27-40-38-19-9-12-23-44(38)51(45(40)31-37)36-17-7-4-8-18-36/h3-32H,1-2H3. The highest BCUT2D eigenvalue weighted by molar-refractivity contribution is 7.26. The van der Waals surface area contributed by atoms with Crippen molar-refractivity contribution < 1.29 is 0 Å². The van der Waals surface area contributed by atoms with E-state index in [1.54, 1.807) is 0 Å². The molecule has 0 bridgehead atoms. The van der Waals surface area contributed by atoms with Crippen molar-refractivity contribution in [3.8, 4) is 16.8 Å². The summed E-state index contributed by atoms with van der Waals surface area (Å²) in [5, 5.41) is 7.77. The minimum absolute atomic E-state index is 0.465. The SMILES string of the molecule is CC(C)c1ccc2sc3ccc4cccc(-c5ccccc5N(c5ccccc5)c5ccc6c7ccccc7n(-c7ccccc7)c6c5)c4c3c2c1. The Hall–Kier alpha value is -6.16. The van der Waals surface area contributed by atoms with E-state index in [1.807, 2.05) is 11.3 Å². The molecule has 0 atom stereocenters. The van der Waals surface area contributed by atoms with E-state index in [9.17, 15) is 0 Å². The molecule has 0 aliphatic rings. The van der Waals surface area contributed by atoms with Crippen LogP contribution in [0.2, 0.25) is 0 Å². The molecule has 2 heterocycles. The Bertz CT molecular complexity index is 2930. The number of benzene rings is 8. The van der Waals surface area contributed by atoms with E-state index in [0.717, 1.165) is 22.7 Å². The predicted octanol–water partition coefficient (Wildman–Crippen LogP) is 14.6. The van der Waals surface area contributed by atoms with Gasteiger partial charge in [0.05, 0.1) is 16.7 Å². The van der Waals surface area contributed by atoms with Gasteiger partial charge in [-0.3, -0.25) is 0 Å². The first kappa shape index (κ1) is 30.6. The highest BCUT2D eigenvalue weighted by Crippen LogP contribution is 2.47. The molecule has 3 heteroatoms. The Balaban J connectivity index is 1.25. The van der Waals surface area contributed by atoms with Crippen LogP contribution in [0.1, 0.15) is 25.3 Å². The van der Waals surface area contributed by atoms with Crippen LogP contribution in [-0.4, -0.2) is 4.57 Å². The van der Waals surface area contributed by atoms with Gasteiger partial charge >= 0.3 is 0 Å². The third-order valence-corrected chi connectivity index (χ3v) is 11.7. The maximum absolute atomic E-state index is 2.43. The first-order chi connectivity index (χ1) is 25.6. The van der Waals surface area contributed by atoms with E-state index < -0.39 is 0 Å². The van der Waals surface area contributed by atoms with Crippen molar-refractivity contribution in [1.29, 1.82) is 0 Å². The second-order valence-corrected chi connectivity index (χ2v) is 15.0. The van der Waals surface area contributed by atoms with Crippen molar-refractivity contribution in [2.45, 2.75) is 19.8 Å². The summed E-state index contributed by atoms with van der Waals surface area (Å²) in [6.45, 7) is 4.56. The number of para-hydroxylation sites is 4. The molecule has 0 radical (unpaired) electrons. The number of hydrogen-bond donors (Lipinski definition) is 0. The lowest BCUT2D eigenvalue weighted by Crippen LogP contribution is -2.11. The molecule has 8 aromatic carbocycles. The molecular formula is C49H36N2S. The molecule has 0 aliphatic carbocycles. The Kier molecular flexibility index (Phi) is 7.23. The van der Waals surface area contributed by atoms with E-state index in [4.69, 9.17) is 0 Å². The zero-order chi connectivity index (χ0) is 34.8. The Labute approximate surface area is 307 Å². The number of rotatable bonds is 6. The molecule has 2 aromatic heterocycles. The number of hydrogen-bond acceptors (Lipinski definition) is 2. The lowest BCUT2D eigenvalue weighted by Gasteiger charge is -2.28. The molecule has 248 valence electrons. The molecule has 0 aliphatic heterocycles. The van der Waals surface area contributed by atoms with Crippen molar-refractivity contribution >= 4 is 81.1 Å².